The fraction of sp³-hybridized carbons (Fsp3) is 0.950. The van der Waals surface area contributed by atoms with Gasteiger partial charge >= 0.3 is 39.5 Å². The van der Waals surface area contributed by atoms with Crippen LogP contribution < -0.4 is 0 Å². The molecule has 0 fully saturated rings. The summed E-state index contributed by atoms with van der Waals surface area (Å²) in [6.07, 6.45) is 58.6. The predicted molar refractivity (Wildman–Crippen MR) is 405 cm³/mol. The Morgan fingerprint density at radius 3 is 0.768 bits per heavy atom. The first-order chi connectivity index (χ1) is 47.8. The van der Waals surface area contributed by atoms with Crippen molar-refractivity contribution >= 4 is 39.5 Å². The fourth-order valence-corrected chi connectivity index (χ4v) is 13.9. The van der Waals surface area contributed by atoms with Crippen molar-refractivity contribution in [3.8, 4) is 0 Å². The highest BCUT2D eigenvalue weighted by Crippen LogP contribution is 2.45. The molecule has 3 N–H and O–H groups in total. The Morgan fingerprint density at radius 2 is 0.515 bits per heavy atom. The molecule has 0 aliphatic rings. The van der Waals surface area contributed by atoms with Crippen LogP contribution in [0.15, 0.2) is 0 Å². The lowest BCUT2D eigenvalue weighted by molar-refractivity contribution is -0.161. The van der Waals surface area contributed by atoms with Gasteiger partial charge in [-0.05, 0) is 43.4 Å². The lowest BCUT2D eigenvalue weighted by Crippen LogP contribution is -2.30. The van der Waals surface area contributed by atoms with Gasteiger partial charge in [0.15, 0.2) is 12.2 Å². The van der Waals surface area contributed by atoms with E-state index in [4.69, 9.17) is 37.0 Å². The van der Waals surface area contributed by atoms with Crippen LogP contribution in [0.1, 0.15) is 414 Å². The van der Waals surface area contributed by atoms with Crippen molar-refractivity contribution in [2.75, 3.05) is 39.6 Å². The Morgan fingerprint density at radius 1 is 0.293 bits per heavy atom. The molecular formula is C80H156O17P2. The molecule has 99 heavy (non-hydrogen) atoms. The van der Waals surface area contributed by atoms with Crippen LogP contribution in [0.3, 0.4) is 0 Å². The monoisotopic (exact) mass is 1450 g/mol. The van der Waals surface area contributed by atoms with Crippen molar-refractivity contribution in [1.82, 2.24) is 0 Å². The predicted octanol–water partition coefficient (Wildman–Crippen LogP) is 23.7. The summed E-state index contributed by atoms with van der Waals surface area (Å²) in [5.41, 5.74) is 0. The summed E-state index contributed by atoms with van der Waals surface area (Å²) in [7, 11) is -9.91. The van der Waals surface area contributed by atoms with E-state index in [0.29, 0.717) is 31.6 Å². The molecule has 17 nitrogen and oxygen atoms in total. The van der Waals surface area contributed by atoms with Crippen molar-refractivity contribution in [1.29, 1.82) is 0 Å². The molecular weight excluding hydrogens is 1290 g/mol. The number of carbonyl (C=O) groups is 4. The first-order valence-corrected chi connectivity index (χ1v) is 44.4. The van der Waals surface area contributed by atoms with Crippen molar-refractivity contribution in [3.05, 3.63) is 0 Å². The van der Waals surface area contributed by atoms with E-state index in [1.54, 1.807) is 0 Å². The molecule has 0 aromatic rings. The van der Waals surface area contributed by atoms with Gasteiger partial charge in [0.1, 0.15) is 19.3 Å². The molecule has 0 aromatic heterocycles. The van der Waals surface area contributed by atoms with Gasteiger partial charge in [-0.3, -0.25) is 37.3 Å². The standard InChI is InChI=1S/C80H156O17P2/c1-8-10-11-12-13-40-47-54-61-77(82)90-67-76(97-80(85)64-57-50-43-36-38-45-52-59-72(5)6)70-95-99(88,89)93-66-74(81)65-92-98(86,87)94-69-75(68-91-78(83)62-55-48-41-34-30-26-22-19-18-20-24-28-32-37-44-51-58-71(3)4)96-79(84)63-56-49-42-35-31-27-23-17-15-14-16-21-25-29-33-39-46-53-60-73(7)9-2/h71-76,81H,8-70H2,1-7H3,(H,86,87)(H,88,89)/t73?,74-,75-,76-/m1/s1. The zero-order valence-electron chi connectivity index (χ0n) is 65.0. The van der Waals surface area contributed by atoms with Crippen LogP contribution in [0.25, 0.3) is 0 Å². The number of carbonyl (C=O) groups excluding carboxylic acids is 4. The van der Waals surface area contributed by atoms with Crippen molar-refractivity contribution in [2.45, 2.75) is 433 Å². The lowest BCUT2D eigenvalue weighted by Gasteiger charge is -2.21. The lowest BCUT2D eigenvalue weighted by atomic mass is 9.99. The smallest absolute Gasteiger partial charge is 0.462 e. The number of hydrogen-bond donors (Lipinski definition) is 3. The molecule has 0 aliphatic carbocycles. The number of ether oxygens (including phenoxy) is 4. The van der Waals surface area contributed by atoms with Crippen molar-refractivity contribution in [3.63, 3.8) is 0 Å². The van der Waals surface area contributed by atoms with Crippen LogP contribution in [0.4, 0.5) is 0 Å². The maximum atomic E-state index is 13.1. The normalized spacial score (nSPS) is 14.3. The van der Waals surface area contributed by atoms with Gasteiger partial charge in [0.05, 0.1) is 26.4 Å². The summed E-state index contributed by atoms with van der Waals surface area (Å²) < 4.78 is 68.5. The van der Waals surface area contributed by atoms with Crippen LogP contribution in [0, 0.1) is 17.8 Å². The molecule has 0 spiro atoms. The topological polar surface area (TPSA) is 237 Å². The number of phosphoric ester groups is 2. The zero-order chi connectivity index (χ0) is 73.0. The van der Waals surface area contributed by atoms with Crippen LogP contribution in [-0.2, 0) is 65.4 Å². The average Bonchev–Trinajstić information content (AvgIpc) is 0.996. The van der Waals surface area contributed by atoms with Gasteiger partial charge in [-0.2, -0.15) is 0 Å². The Bertz CT molecular complexity index is 1920. The second kappa shape index (κ2) is 70.4. The summed E-state index contributed by atoms with van der Waals surface area (Å²) in [6, 6.07) is 0. The van der Waals surface area contributed by atoms with E-state index in [9.17, 15) is 43.2 Å². The van der Waals surface area contributed by atoms with Gasteiger partial charge in [-0.15, -0.1) is 0 Å². The molecule has 0 saturated heterocycles. The van der Waals surface area contributed by atoms with Gasteiger partial charge in [-0.1, -0.05) is 363 Å². The highest BCUT2D eigenvalue weighted by molar-refractivity contribution is 7.47. The fourth-order valence-electron chi connectivity index (χ4n) is 12.3. The second-order valence-electron chi connectivity index (χ2n) is 30.0. The highest BCUT2D eigenvalue weighted by atomic mass is 31.2. The maximum absolute atomic E-state index is 13.1. The van der Waals surface area contributed by atoms with E-state index in [-0.39, 0.29) is 25.7 Å². The van der Waals surface area contributed by atoms with Crippen LogP contribution in [-0.4, -0.2) is 96.7 Å². The third-order valence-electron chi connectivity index (χ3n) is 19.0. The molecule has 0 heterocycles. The molecule has 0 aliphatic heterocycles. The Kier molecular flexibility index (Phi) is 69.0. The van der Waals surface area contributed by atoms with Gasteiger partial charge in [0.25, 0.3) is 0 Å². The highest BCUT2D eigenvalue weighted by Gasteiger charge is 2.30. The van der Waals surface area contributed by atoms with Crippen LogP contribution in [0.5, 0.6) is 0 Å². The average molecular weight is 1450 g/mol. The summed E-state index contributed by atoms with van der Waals surface area (Å²) >= 11 is 0. The molecule has 3 unspecified atom stereocenters. The first-order valence-electron chi connectivity index (χ1n) is 41.4. The van der Waals surface area contributed by atoms with E-state index in [0.717, 1.165) is 108 Å². The summed E-state index contributed by atoms with van der Waals surface area (Å²) in [5.74, 6) is 0.261. The number of aliphatic hydroxyl groups excluding tert-OH is 1. The third-order valence-corrected chi connectivity index (χ3v) is 20.9. The Hall–Kier alpha value is -1.94. The molecule has 0 bridgehead atoms. The number of unbranched alkanes of at least 4 members (excludes halogenated alkanes) is 45. The summed E-state index contributed by atoms with van der Waals surface area (Å²) in [6.45, 7) is 11.9. The van der Waals surface area contributed by atoms with Gasteiger partial charge in [-0.25, -0.2) is 9.13 Å². The van der Waals surface area contributed by atoms with E-state index in [2.05, 4.69) is 48.5 Å². The zero-order valence-corrected chi connectivity index (χ0v) is 66.8. The maximum Gasteiger partial charge on any atom is 0.472 e. The number of hydrogen-bond acceptors (Lipinski definition) is 15. The molecule has 19 heteroatoms. The minimum absolute atomic E-state index is 0.103. The van der Waals surface area contributed by atoms with Crippen LogP contribution in [0.2, 0.25) is 0 Å². The summed E-state index contributed by atoms with van der Waals surface area (Å²) in [4.78, 5) is 72.8. The third kappa shape index (κ3) is 72.8. The second-order valence-corrected chi connectivity index (χ2v) is 32.9. The van der Waals surface area contributed by atoms with Crippen LogP contribution >= 0.6 is 15.6 Å². The Balaban J connectivity index is 5.16. The van der Waals surface area contributed by atoms with E-state index in [1.165, 1.54) is 218 Å². The number of aliphatic hydroxyl groups is 1. The quantitative estimate of drug-likeness (QED) is 0.0222. The number of phosphoric acid groups is 2. The van der Waals surface area contributed by atoms with Crippen molar-refractivity contribution in [2.24, 2.45) is 17.8 Å². The molecule has 0 aromatic carbocycles. The van der Waals surface area contributed by atoms with E-state index >= 15 is 0 Å². The number of rotatable bonds is 78. The van der Waals surface area contributed by atoms with E-state index < -0.39 is 97.5 Å². The molecule has 0 saturated carbocycles. The molecule has 0 rings (SSSR count). The first kappa shape index (κ1) is 97.1. The molecule has 0 radical (unpaired) electrons. The SMILES string of the molecule is CCCCCCCCCCC(=O)OC[C@H](COP(=O)(O)OC[C@H](O)COP(=O)(O)OC[C@@H](COC(=O)CCCCCCCCCCCCCCCCCCC(C)C)OC(=O)CCCCCCCCCCCCCCCCCCCCC(C)CC)OC(=O)CCCCCCCCCC(C)C. The van der Waals surface area contributed by atoms with Gasteiger partial charge < -0.3 is 33.8 Å². The van der Waals surface area contributed by atoms with Gasteiger partial charge in [0.2, 0.25) is 0 Å². The summed E-state index contributed by atoms with van der Waals surface area (Å²) in [5, 5.41) is 10.6. The molecule has 588 valence electrons. The molecule has 0 amide bonds. The minimum atomic E-state index is -4.96. The molecule has 6 atom stereocenters. The largest absolute Gasteiger partial charge is 0.472 e. The Labute approximate surface area is 607 Å². The van der Waals surface area contributed by atoms with Gasteiger partial charge in [0, 0.05) is 25.7 Å². The number of esters is 4. The minimum Gasteiger partial charge on any atom is -0.462 e. The van der Waals surface area contributed by atoms with E-state index in [1.807, 2.05) is 0 Å². The van der Waals surface area contributed by atoms with Crippen molar-refractivity contribution < 1.29 is 80.2 Å².